The second-order valence-corrected chi connectivity index (χ2v) is 9.80. The van der Waals surface area contributed by atoms with Crippen LogP contribution < -0.4 is 10.6 Å². The van der Waals surface area contributed by atoms with Gasteiger partial charge in [0.15, 0.2) is 0 Å². The molecule has 164 valence electrons. The number of carbonyl (C=O) groups is 3. The van der Waals surface area contributed by atoms with Gasteiger partial charge in [0, 0.05) is 28.4 Å². The van der Waals surface area contributed by atoms with Crippen LogP contribution in [0.25, 0.3) is 11.3 Å². The number of halogens is 1. The monoisotopic (exact) mass is 460 g/mol. The Morgan fingerprint density at radius 3 is 2.68 bits per heavy atom. The van der Waals surface area contributed by atoms with Gasteiger partial charge < -0.3 is 10.6 Å². The fourth-order valence-electron chi connectivity index (χ4n) is 4.26. The molecule has 1 aromatic carbocycles. The molecule has 0 unspecified atom stereocenters. The number of urea groups is 1. The highest BCUT2D eigenvalue weighted by Gasteiger charge is 2.52. The molecule has 4 amide bonds. The summed E-state index contributed by atoms with van der Waals surface area (Å²) in [5, 5.41) is 7.24. The van der Waals surface area contributed by atoms with Crippen molar-refractivity contribution in [2.24, 2.45) is 0 Å². The quantitative estimate of drug-likeness (QED) is 0.610. The zero-order chi connectivity index (χ0) is 22.0. The third-order valence-electron chi connectivity index (χ3n) is 5.88. The van der Waals surface area contributed by atoms with E-state index in [0.29, 0.717) is 30.8 Å². The van der Waals surface area contributed by atoms with Crippen LogP contribution in [-0.2, 0) is 16.1 Å². The minimum absolute atomic E-state index is 0.122. The van der Waals surface area contributed by atoms with Crippen LogP contribution in [0.4, 0.5) is 4.79 Å². The number of nitrogens with one attached hydrogen (secondary N) is 2. The molecular weight excluding hydrogens is 436 g/mol. The van der Waals surface area contributed by atoms with Gasteiger partial charge in [-0.25, -0.2) is 9.78 Å². The Kier molecular flexibility index (Phi) is 6.29. The number of amides is 4. The number of imide groups is 1. The Morgan fingerprint density at radius 2 is 1.97 bits per heavy atom. The van der Waals surface area contributed by atoms with Crippen molar-refractivity contribution in [3.8, 4) is 11.3 Å². The molecule has 2 aromatic rings. The highest BCUT2D eigenvalue weighted by atomic mass is 35.5. The number of rotatable bonds is 7. The molecule has 2 aliphatic rings. The van der Waals surface area contributed by atoms with E-state index in [1.165, 1.54) is 4.90 Å². The van der Waals surface area contributed by atoms with Gasteiger partial charge in [-0.1, -0.05) is 36.6 Å². The lowest BCUT2D eigenvalue weighted by Crippen LogP contribution is -2.44. The minimum atomic E-state index is -0.691. The van der Waals surface area contributed by atoms with E-state index in [0.717, 1.165) is 34.0 Å². The molecule has 2 fully saturated rings. The van der Waals surface area contributed by atoms with Crippen LogP contribution >= 0.6 is 22.9 Å². The maximum atomic E-state index is 12.6. The summed E-state index contributed by atoms with van der Waals surface area (Å²) in [5.41, 5.74) is 1.19. The predicted octanol–water partition coefficient (Wildman–Crippen LogP) is 4.03. The van der Waals surface area contributed by atoms with E-state index in [2.05, 4.69) is 15.6 Å². The van der Waals surface area contributed by atoms with E-state index in [-0.39, 0.29) is 30.8 Å². The summed E-state index contributed by atoms with van der Waals surface area (Å²) in [6, 6.07) is 7.19. The summed E-state index contributed by atoms with van der Waals surface area (Å²) < 4.78 is 0. The van der Waals surface area contributed by atoms with Crippen LogP contribution in [0.3, 0.4) is 0 Å². The first-order chi connectivity index (χ1) is 14.9. The molecule has 4 rings (SSSR count). The fraction of sp³-hybridized carbons (Fsp3) is 0.455. The molecule has 1 aromatic heterocycles. The normalized spacial score (nSPS) is 17.4. The Balaban J connectivity index is 1.25. The molecule has 9 heteroatoms. The third kappa shape index (κ3) is 4.60. The number of nitrogens with zero attached hydrogens (tertiary/aromatic N) is 2. The molecule has 0 atom stereocenters. The van der Waals surface area contributed by atoms with Crippen LogP contribution in [-0.4, -0.2) is 39.8 Å². The van der Waals surface area contributed by atoms with E-state index in [9.17, 15) is 14.4 Å². The second kappa shape index (κ2) is 8.96. The molecule has 1 aliphatic heterocycles. The lowest BCUT2D eigenvalue weighted by atomic mass is 9.98. The smallest absolute Gasteiger partial charge is 0.325 e. The van der Waals surface area contributed by atoms with Gasteiger partial charge in [-0.15, -0.1) is 11.3 Å². The van der Waals surface area contributed by atoms with Crippen LogP contribution in [0.5, 0.6) is 0 Å². The predicted molar refractivity (Wildman–Crippen MR) is 120 cm³/mol. The largest absolute Gasteiger partial charge is 0.350 e. The first kappa shape index (κ1) is 21.8. The van der Waals surface area contributed by atoms with Crippen molar-refractivity contribution in [1.82, 2.24) is 20.5 Å². The van der Waals surface area contributed by atoms with Gasteiger partial charge in [0.1, 0.15) is 10.5 Å². The van der Waals surface area contributed by atoms with Crippen LogP contribution in [0.2, 0.25) is 5.02 Å². The summed E-state index contributed by atoms with van der Waals surface area (Å²) in [5.74, 6) is -0.257. The molecule has 1 saturated carbocycles. The highest BCUT2D eigenvalue weighted by molar-refractivity contribution is 7.12. The summed E-state index contributed by atoms with van der Waals surface area (Å²) >= 11 is 7.50. The molecular formula is C22H25ClN4O3S. The van der Waals surface area contributed by atoms with Crippen LogP contribution in [0, 0.1) is 6.92 Å². The van der Waals surface area contributed by atoms with E-state index in [1.54, 1.807) is 11.3 Å². The van der Waals surface area contributed by atoms with Gasteiger partial charge in [0.05, 0.1) is 12.2 Å². The minimum Gasteiger partial charge on any atom is -0.350 e. The first-order valence-electron chi connectivity index (χ1n) is 10.5. The van der Waals surface area contributed by atoms with Gasteiger partial charge in [0.2, 0.25) is 5.91 Å². The Hall–Kier alpha value is -2.45. The van der Waals surface area contributed by atoms with E-state index in [4.69, 9.17) is 11.6 Å². The van der Waals surface area contributed by atoms with Gasteiger partial charge in [-0.2, -0.15) is 0 Å². The zero-order valence-electron chi connectivity index (χ0n) is 17.4. The average molecular weight is 461 g/mol. The van der Waals surface area contributed by atoms with Crippen molar-refractivity contribution in [2.45, 2.75) is 57.5 Å². The van der Waals surface area contributed by atoms with Crippen LogP contribution in [0.15, 0.2) is 24.3 Å². The Morgan fingerprint density at radius 1 is 1.26 bits per heavy atom. The maximum Gasteiger partial charge on any atom is 0.325 e. The fourth-order valence-corrected chi connectivity index (χ4v) is 5.28. The SMILES string of the molecule is Cc1sc(CNC(=O)CCCN2C(=O)NC3(CCCC3)C2=O)nc1-c1ccc(Cl)cc1. The number of hydrogen-bond donors (Lipinski definition) is 2. The van der Waals surface area contributed by atoms with Crippen LogP contribution in [0.1, 0.15) is 48.4 Å². The average Bonchev–Trinajstić information content (AvgIpc) is 3.42. The lowest BCUT2D eigenvalue weighted by Gasteiger charge is -2.19. The van der Waals surface area contributed by atoms with Crippen molar-refractivity contribution in [3.05, 3.63) is 39.2 Å². The Bertz CT molecular complexity index is 999. The molecule has 1 saturated heterocycles. The highest BCUT2D eigenvalue weighted by Crippen LogP contribution is 2.35. The molecule has 1 spiro atoms. The summed E-state index contributed by atoms with van der Waals surface area (Å²) in [7, 11) is 0. The molecule has 2 heterocycles. The van der Waals surface area contributed by atoms with Crippen molar-refractivity contribution < 1.29 is 14.4 Å². The molecule has 1 aliphatic carbocycles. The van der Waals surface area contributed by atoms with Gasteiger partial charge in [0.25, 0.3) is 5.91 Å². The van der Waals surface area contributed by atoms with Crippen molar-refractivity contribution >= 4 is 40.8 Å². The van der Waals surface area contributed by atoms with Gasteiger partial charge >= 0.3 is 6.03 Å². The Labute approximate surface area is 190 Å². The molecule has 7 nitrogen and oxygen atoms in total. The number of aromatic nitrogens is 1. The number of aryl methyl sites for hydroxylation is 1. The van der Waals surface area contributed by atoms with Gasteiger partial charge in [-0.05, 0) is 38.3 Å². The summed E-state index contributed by atoms with van der Waals surface area (Å²) in [6.45, 7) is 2.61. The molecule has 0 bridgehead atoms. The van der Waals surface area contributed by atoms with Crippen molar-refractivity contribution in [2.75, 3.05) is 6.54 Å². The number of hydrogen-bond acceptors (Lipinski definition) is 5. The first-order valence-corrected chi connectivity index (χ1v) is 11.7. The van der Waals surface area contributed by atoms with E-state index >= 15 is 0 Å². The number of thiazole rings is 1. The topological polar surface area (TPSA) is 91.4 Å². The maximum absolute atomic E-state index is 12.6. The third-order valence-corrected chi connectivity index (χ3v) is 7.11. The standard InChI is InChI=1S/C22H25ClN4O3S/c1-14-19(15-6-8-16(23)9-7-15)25-18(31-14)13-24-17(28)5-4-12-27-20(29)22(26-21(27)30)10-2-3-11-22/h6-9H,2-5,10-13H2,1H3,(H,24,28)(H,26,30). The molecule has 31 heavy (non-hydrogen) atoms. The zero-order valence-corrected chi connectivity index (χ0v) is 18.9. The summed E-state index contributed by atoms with van der Waals surface area (Å²) in [6.07, 6.45) is 4.02. The molecule has 2 N–H and O–H groups in total. The van der Waals surface area contributed by atoms with Crippen molar-refractivity contribution in [1.29, 1.82) is 0 Å². The summed E-state index contributed by atoms with van der Waals surface area (Å²) in [4.78, 5) is 44.0. The van der Waals surface area contributed by atoms with E-state index < -0.39 is 5.54 Å². The van der Waals surface area contributed by atoms with Crippen molar-refractivity contribution in [3.63, 3.8) is 0 Å². The lowest BCUT2D eigenvalue weighted by molar-refractivity contribution is -0.131. The number of benzene rings is 1. The number of carbonyl (C=O) groups excluding carboxylic acids is 3. The second-order valence-electron chi connectivity index (χ2n) is 8.08. The molecule has 0 radical (unpaired) electrons. The van der Waals surface area contributed by atoms with E-state index in [1.807, 2.05) is 31.2 Å². The van der Waals surface area contributed by atoms with Gasteiger partial charge in [-0.3, -0.25) is 14.5 Å².